The van der Waals surface area contributed by atoms with E-state index in [1.165, 1.54) is 0 Å². The van der Waals surface area contributed by atoms with Gasteiger partial charge < -0.3 is 10.1 Å². The first-order chi connectivity index (χ1) is 8.24. The number of nitrogens with zero attached hydrogens (tertiary/aromatic N) is 3. The van der Waals surface area contributed by atoms with Gasteiger partial charge in [0.25, 0.3) is 5.91 Å². The summed E-state index contributed by atoms with van der Waals surface area (Å²) in [4.78, 5) is 16.1. The number of carbonyl (C=O) groups is 1. The second-order valence-corrected chi connectivity index (χ2v) is 3.96. The molecule has 6 heteroatoms. The van der Waals surface area contributed by atoms with Crippen LogP contribution in [0.2, 0.25) is 0 Å². The molecule has 1 amide bonds. The molecule has 2 aliphatic rings. The molecule has 1 fully saturated rings. The van der Waals surface area contributed by atoms with Crippen molar-refractivity contribution in [1.29, 1.82) is 0 Å². The van der Waals surface area contributed by atoms with Gasteiger partial charge in [-0.05, 0) is 0 Å². The van der Waals surface area contributed by atoms with Gasteiger partial charge in [0.05, 0.1) is 30.4 Å². The predicted molar refractivity (Wildman–Crippen MR) is 59.9 cm³/mol. The number of ether oxygens (including phenoxy) is 1. The zero-order chi connectivity index (χ0) is 11.8. The van der Waals surface area contributed by atoms with Crippen molar-refractivity contribution in [3.63, 3.8) is 0 Å². The van der Waals surface area contributed by atoms with Crippen LogP contribution in [0.5, 0.6) is 0 Å². The summed E-state index contributed by atoms with van der Waals surface area (Å²) in [6.45, 7) is 3.97. The maximum atomic E-state index is 11.7. The Morgan fingerprint density at radius 3 is 3.00 bits per heavy atom. The monoisotopic (exact) mass is 230 g/mol. The molecule has 1 N–H and O–H groups in total. The molecule has 1 aromatic heterocycles. The van der Waals surface area contributed by atoms with Gasteiger partial charge in [0.1, 0.15) is 0 Å². The maximum Gasteiger partial charge on any atom is 0.259 e. The second-order valence-electron chi connectivity index (χ2n) is 3.96. The van der Waals surface area contributed by atoms with E-state index in [0.29, 0.717) is 24.4 Å². The highest BCUT2D eigenvalue weighted by atomic mass is 16.5. The lowest BCUT2D eigenvalue weighted by Gasteiger charge is -2.23. The van der Waals surface area contributed by atoms with Gasteiger partial charge in [0.15, 0.2) is 6.10 Å². The lowest BCUT2D eigenvalue weighted by Crippen LogP contribution is -2.47. The predicted octanol–water partition coefficient (Wildman–Crippen LogP) is 0.134. The number of aliphatic imine (C=N–C) groups is 1. The van der Waals surface area contributed by atoms with Crippen LogP contribution >= 0.6 is 0 Å². The standard InChI is InChI=1S/C11H10N4O2/c1-6-5-17-10(11(16)14-6)8-2-7-3-12-13-4-9(7)15-8/h3-4,10H,1-2,5H2,(H,14,16). The van der Waals surface area contributed by atoms with E-state index < -0.39 is 6.10 Å². The van der Waals surface area contributed by atoms with E-state index in [2.05, 4.69) is 27.1 Å². The highest BCUT2D eigenvalue weighted by Gasteiger charge is 2.32. The quantitative estimate of drug-likeness (QED) is 0.744. The zero-order valence-corrected chi connectivity index (χ0v) is 9.01. The average Bonchev–Trinajstić information content (AvgIpc) is 2.72. The van der Waals surface area contributed by atoms with Crippen molar-refractivity contribution in [2.75, 3.05) is 6.61 Å². The molecule has 3 rings (SSSR count). The fourth-order valence-corrected chi connectivity index (χ4v) is 1.90. The van der Waals surface area contributed by atoms with Crippen LogP contribution in [0.4, 0.5) is 5.69 Å². The normalized spacial score (nSPS) is 23.1. The molecule has 2 aliphatic heterocycles. The number of amides is 1. The highest BCUT2D eigenvalue weighted by molar-refractivity contribution is 6.11. The van der Waals surface area contributed by atoms with Crippen molar-refractivity contribution in [2.24, 2.45) is 4.99 Å². The number of morpholine rings is 1. The molecule has 0 aromatic carbocycles. The van der Waals surface area contributed by atoms with E-state index in [9.17, 15) is 4.79 Å². The number of hydrogen-bond donors (Lipinski definition) is 1. The van der Waals surface area contributed by atoms with Crippen molar-refractivity contribution < 1.29 is 9.53 Å². The topological polar surface area (TPSA) is 76.5 Å². The Balaban J connectivity index is 1.84. The van der Waals surface area contributed by atoms with Gasteiger partial charge in [0.2, 0.25) is 0 Å². The molecule has 0 aliphatic carbocycles. The van der Waals surface area contributed by atoms with Gasteiger partial charge in [0, 0.05) is 17.7 Å². The van der Waals surface area contributed by atoms with E-state index in [0.717, 1.165) is 11.3 Å². The average molecular weight is 230 g/mol. The second kappa shape index (κ2) is 3.74. The number of aromatic nitrogens is 2. The third-order valence-electron chi connectivity index (χ3n) is 2.69. The Kier molecular flexibility index (Phi) is 2.22. The molecule has 1 unspecified atom stereocenters. The maximum absolute atomic E-state index is 11.7. The van der Waals surface area contributed by atoms with Gasteiger partial charge in [-0.25, -0.2) is 0 Å². The van der Waals surface area contributed by atoms with Crippen LogP contribution in [-0.4, -0.2) is 34.5 Å². The summed E-state index contributed by atoms with van der Waals surface area (Å²) in [5, 5.41) is 10.2. The molecule has 0 spiro atoms. The zero-order valence-electron chi connectivity index (χ0n) is 9.01. The van der Waals surface area contributed by atoms with Crippen LogP contribution in [0.15, 0.2) is 29.7 Å². The van der Waals surface area contributed by atoms with Gasteiger partial charge in [-0.15, -0.1) is 0 Å². The Morgan fingerprint density at radius 1 is 1.41 bits per heavy atom. The number of rotatable bonds is 1. The first kappa shape index (κ1) is 10.1. The Morgan fingerprint density at radius 2 is 2.24 bits per heavy atom. The van der Waals surface area contributed by atoms with Gasteiger partial charge >= 0.3 is 0 Å². The van der Waals surface area contributed by atoms with Crippen LogP contribution in [0.3, 0.4) is 0 Å². The Labute approximate surface area is 97.4 Å². The van der Waals surface area contributed by atoms with E-state index in [1.54, 1.807) is 12.4 Å². The summed E-state index contributed by atoms with van der Waals surface area (Å²) in [7, 11) is 0. The van der Waals surface area contributed by atoms with Gasteiger partial charge in [-0.2, -0.15) is 10.2 Å². The van der Waals surface area contributed by atoms with E-state index in [1.807, 2.05) is 0 Å². The summed E-state index contributed by atoms with van der Waals surface area (Å²) >= 11 is 0. The molecule has 1 atom stereocenters. The van der Waals surface area contributed by atoms with Crippen LogP contribution in [-0.2, 0) is 16.0 Å². The number of hydrogen-bond acceptors (Lipinski definition) is 5. The molecule has 1 aromatic rings. The van der Waals surface area contributed by atoms with Crippen LogP contribution in [0.1, 0.15) is 5.56 Å². The summed E-state index contributed by atoms with van der Waals surface area (Å²) < 4.78 is 5.43. The molecule has 1 saturated heterocycles. The Bertz CT molecular complexity index is 538. The van der Waals surface area contributed by atoms with Crippen molar-refractivity contribution >= 4 is 17.3 Å². The first-order valence-electron chi connectivity index (χ1n) is 5.21. The van der Waals surface area contributed by atoms with Crippen molar-refractivity contribution in [3.05, 3.63) is 30.2 Å². The minimum atomic E-state index is -0.632. The van der Waals surface area contributed by atoms with Crippen LogP contribution in [0, 0.1) is 0 Å². The summed E-state index contributed by atoms with van der Waals surface area (Å²) in [5.74, 6) is -0.214. The van der Waals surface area contributed by atoms with Crippen molar-refractivity contribution in [2.45, 2.75) is 12.5 Å². The SMILES string of the molecule is C=C1COC(C2=Nc3cnncc3C2)C(=O)N1. The minimum absolute atomic E-state index is 0.214. The highest BCUT2D eigenvalue weighted by Crippen LogP contribution is 2.26. The fourth-order valence-electron chi connectivity index (χ4n) is 1.90. The third-order valence-corrected chi connectivity index (χ3v) is 2.69. The van der Waals surface area contributed by atoms with Crippen LogP contribution in [0.25, 0.3) is 0 Å². The molecular formula is C11H10N4O2. The van der Waals surface area contributed by atoms with Gasteiger partial charge in [-0.1, -0.05) is 6.58 Å². The molecule has 86 valence electrons. The summed E-state index contributed by atoms with van der Waals surface area (Å²) in [5.41, 5.74) is 3.00. The van der Waals surface area contributed by atoms with Crippen molar-refractivity contribution in [3.8, 4) is 0 Å². The lowest BCUT2D eigenvalue weighted by atomic mass is 10.1. The van der Waals surface area contributed by atoms with E-state index in [4.69, 9.17) is 4.74 Å². The molecule has 0 radical (unpaired) electrons. The van der Waals surface area contributed by atoms with E-state index >= 15 is 0 Å². The van der Waals surface area contributed by atoms with E-state index in [-0.39, 0.29) is 5.91 Å². The Hall–Kier alpha value is -2.08. The van der Waals surface area contributed by atoms with Gasteiger partial charge in [-0.3, -0.25) is 9.79 Å². The van der Waals surface area contributed by atoms with Crippen LogP contribution < -0.4 is 5.32 Å². The minimum Gasteiger partial charge on any atom is -0.356 e. The first-order valence-corrected chi connectivity index (χ1v) is 5.21. The smallest absolute Gasteiger partial charge is 0.259 e. The number of nitrogens with one attached hydrogen (secondary N) is 1. The fraction of sp³-hybridized carbons (Fsp3) is 0.273. The third kappa shape index (κ3) is 1.72. The summed E-state index contributed by atoms with van der Waals surface area (Å²) in [6.07, 6.45) is 3.19. The van der Waals surface area contributed by atoms with Crippen molar-refractivity contribution in [1.82, 2.24) is 15.5 Å². The number of fused-ring (bicyclic) bond motifs is 1. The summed E-state index contributed by atoms with van der Waals surface area (Å²) in [6, 6.07) is 0. The molecule has 17 heavy (non-hydrogen) atoms. The number of carbonyl (C=O) groups excluding carboxylic acids is 1. The molecule has 6 nitrogen and oxygen atoms in total. The lowest BCUT2D eigenvalue weighted by molar-refractivity contribution is -0.130. The largest absolute Gasteiger partial charge is 0.356 e. The molecule has 3 heterocycles. The molecule has 0 bridgehead atoms. The molecule has 0 saturated carbocycles. The molecular weight excluding hydrogens is 220 g/mol.